The van der Waals surface area contributed by atoms with Gasteiger partial charge in [0.15, 0.2) is 0 Å². The van der Waals surface area contributed by atoms with Crippen LogP contribution >= 0.6 is 0 Å². The minimum absolute atomic E-state index is 0.131. The van der Waals surface area contributed by atoms with E-state index in [4.69, 9.17) is 5.11 Å². The molecule has 2 atom stereocenters. The molecular weight excluding hydrogens is 214 g/mol. The van der Waals surface area contributed by atoms with Crippen molar-refractivity contribution in [1.29, 1.82) is 0 Å². The van der Waals surface area contributed by atoms with Gasteiger partial charge in [0.2, 0.25) is 0 Å². The Bertz CT molecular complexity index is 530. The first-order valence-corrected chi connectivity index (χ1v) is 5.87. The van der Waals surface area contributed by atoms with E-state index in [1.807, 2.05) is 31.3 Å². The highest BCUT2D eigenvalue weighted by molar-refractivity contribution is 5.83. The molecule has 1 aromatic heterocycles. The monoisotopic (exact) mass is 231 g/mol. The molecule has 0 saturated heterocycles. The van der Waals surface area contributed by atoms with E-state index in [-0.39, 0.29) is 18.3 Å². The van der Waals surface area contributed by atoms with Gasteiger partial charge in [0.25, 0.3) is 0 Å². The van der Waals surface area contributed by atoms with Gasteiger partial charge >= 0.3 is 5.97 Å². The normalized spacial score (nSPS) is 14.7. The Morgan fingerprint density at radius 3 is 2.76 bits per heavy atom. The summed E-state index contributed by atoms with van der Waals surface area (Å²) in [6.07, 6.45) is 2.20. The highest BCUT2D eigenvalue weighted by atomic mass is 16.4. The predicted molar refractivity (Wildman–Crippen MR) is 68.1 cm³/mol. The van der Waals surface area contributed by atoms with E-state index >= 15 is 0 Å². The number of benzene rings is 1. The van der Waals surface area contributed by atoms with E-state index in [0.29, 0.717) is 0 Å². The lowest BCUT2D eigenvalue weighted by molar-refractivity contribution is -0.138. The quantitative estimate of drug-likeness (QED) is 0.847. The van der Waals surface area contributed by atoms with E-state index < -0.39 is 5.97 Å². The van der Waals surface area contributed by atoms with Crippen molar-refractivity contribution < 1.29 is 9.90 Å². The molecule has 0 spiro atoms. The smallest absolute Gasteiger partial charge is 0.303 e. The molecule has 90 valence electrons. The van der Waals surface area contributed by atoms with Gasteiger partial charge in [-0.3, -0.25) is 4.79 Å². The molecule has 0 aliphatic rings. The second-order valence-corrected chi connectivity index (χ2v) is 4.65. The first-order valence-electron chi connectivity index (χ1n) is 5.87. The van der Waals surface area contributed by atoms with Gasteiger partial charge in [-0.2, -0.15) is 0 Å². The Labute approximate surface area is 100 Å². The van der Waals surface area contributed by atoms with Gasteiger partial charge in [-0.25, -0.2) is 0 Å². The molecule has 1 aromatic carbocycles. The molecule has 1 heterocycles. The fourth-order valence-electron chi connectivity index (χ4n) is 2.23. The van der Waals surface area contributed by atoms with E-state index in [1.165, 1.54) is 10.9 Å². The molecule has 0 amide bonds. The Kier molecular flexibility index (Phi) is 3.18. The van der Waals surface area contributed by atoms with Crippen molar-refractivity contribution in [3.63, 3.8) is 0 Å². The SMILES string of the molecule is CC(CC(=O)O)C(C)c1c[nH]c2ccccc12. The van der Waals surface area contributed by atoms with Crippen LogP contribution in [-0.2, 0) is 4.79 Å². The third-order valence-electron chi connectivity index (χ3n) is 3.46. The number of carboxylic acid groups (broad SMARTS) is 1. The van der Waals surface area contributed by atoms with Crippen LogP contribution in [0.1, 0.15) is 31.7 Å². The van der Waals surface area contributed by atoms with Crippen LogP contribution in [0.15, 0.2) is 30.5 Å². The second kappa shape index (κ2) is 4.62. The molecule has 2 unspecified atom stereocenters. The van der Waals surface area contributed by atoms with Crippen LogP contribution in [0.25, 0.3) is 10.9 Å². The fraction of sp³-hybridized carbons (Fsp3) is 0.357. The molecule has 3 nitrogen and oxygen atoms in total. The number of nitrogens with one attached hydrogen (secondary N) is 1. The van der Waals surface area contributed by atoms with Crippen molar-refractivity contribution in [3.05, 3.63) is 36.0 Å². The molecule has 2 rings (SSSR count). The number of fused-ring (bicyclic) bond motifs is 1. The molecule has 0 aliphatic carbocycles. The average Bonchev–Trinajstić information content (AvgIpc) is 2.70. The van der Waals surface area contributed by atoms with Crippen molar-refractivity contribution in [2.45, 2.75) is 26.2 Å². The Hall–Kier alpha value is -1.77. The zero-order chi connectivity index (χ0) is 12.4. The van der Waals surface area contributed by atoms with Gasteiger partial charge in [0.1, 0.15) is 0 Å². The van der Waals surface area contributed by atoms with Crippen LogP contribution in [0.4, 0.5) is 0 Å². The lowest BCUT2D eigenvalue weighted by atomic mass is 9.87. The first kappa shape index (κ1) is 11.7. The molecule has 2 N–H and O–H groups in total. The molecule has 17 heavy (non-hydrogen) atoms. The summed E-state index contributed by atoms with van der Waals surface area (Å²) in [4.78, 5) is 14.0. The Balaban J connectivity index is 2.30. The number of hydrogen-bond donors (Lipinski definition) is 2. The second-order valence-electron chi connectivity index (χ2n) is 4.65. The Morgan fingerprint density at radius 1 is 1.35 bits per heavy atom. The van der Waals surface area contributed by atoms with Crippen LogP contribution in [0.5, 0.6) is 0 Å². The maximum absolute atomic E-state index is 10.7. The number of carboxylic acids is 1. The van der Waals surface area contributed by atoms with Crippen molar-refractivity contribution in [3.8, 4) is 0 Å². The third-order valence-corrected chi connectivity index (χ3v) is 3.46. The summed E-state index contributed by atoms with van der Waals surface area (Å²) in [5, 5.41) is 10.0. The molecule has 0 fully saturated rings. The number of aliphatic carboxylic acids is 1. The van der Waals surface area contributed by atoms with Gasteiger partial charge in [-0.05, 0) is 23.5 Å². The van der Waals surface area contributed by atoms with Crippen LogP contribution in [0.2, 0.25) is 0 Å². The van der Waals surface area contributed by atoms with E-state index in [9.17, 15) is 4.79 Å². The molecule has 0 aliphatic heterocycles. The summed E-state index contributed by atoms with van der Waals surface area (Å²) in [5.41, 5.74) is 2.31. The highest BCUT2D eigenvalue weighted by Gasteiger charge is 2.19. The molecular formula is C14H17NO2. The van der Waals surface area contributed by atoms with Gasteiger partial charge in [-0.15, -0.1) is 0 Å². The Morgan fingerprint density at radius 2 is 2.06 bits per heavy atom. The number of aromatic nitrogens is 1. The minimum atomic E-state index is -0.732. The summed E-state index contributed by atoms with van der Waals surface area (Å²) in [5.74, 6) is -0.363. The minimum Gasteiger partial charge on any atom is -0.481 e. The zero-order valence-corrected chi connectivity index (χ0v) is 10.1. The third kappa shape index (κ3) is 2.33. The lowest BCUT2D eigenvalue weighted by Crippen LogP contribution is -2.11. The number of rotatable bonds is 4. The van der Waals surface area contributed by atoms with Crippen molar-refractivity contribution in [1.82, 2.24) is 4.98 Å². The van der Waals surface area contributed by atoms with Crippen LogP contribution in [0, 0.1) is 5.92 Å². The fourth-order valence-corrected chi connectivity index (χ4v) is 2.23. The van der Waals surface area contributed by atoms with Gasteiger partial charge in [0.05, 0.1) is 0 Å². The summed E-state index contributed by atoms with van der Waals surface area (Å²) < 4.78 is 0. The number of aromatic amines is 1. The standard InChI is InChI=1S/C14H17NO2/c1-9(7-14(16)17)10(2)12-8-15-13-6-4-3-5-11(12)13/h3-6,8-10,15H,7H2,1-2H3,(H,16,17). The maximum Gasteiger partial charge on any atom is 0.303 e. The van der Waals surface area contributed by atoms with E-state index in [2.05, 4.69) is 18.0 Å². The zero-order valence-electron chi connectivity index (χ0n) is 10.1. The number of para-hydroxylation sites is 1. The molecule has 0 saturated carbocycles. The van der Waals surface area contributed by atoms with Crippen LogP contribution < -0.4 is 0 Å². The molecule has 3 heteroatoms. The van der Waals surface area contributed by atoms with Gasteiger partial charge < -0.3 is 10.1 Å². The summed E-state index contributed by atoms with van der Waals surface area (Å²) >= 11 is 0. The number of carbonyl (C=O) groups is 1. The molecule has 2 aromatic rings. The largest absolute Gasteiger partial charge is 0.481 e. The maximum atomic E-state index is 10.7. The molecule has 0 bridgehead atoms. The topological polar surface area (TPSA) is 53.1 Å². The first-order chi connectivity index (χ1) is 8.09. The average molecular weight is 231 g/mol. The lowest BCUT2D eigenvalue weighted by Gasteiger charge is -2.17. The van der Waals surface area contributed by atoms with Crippen LogP contribution in [0.3, 0.4) is 0 Å². The van der Waals surface area contributed by atoms with Gasteiger partial charge in [0, 0.05) is 23.5 Å². The predicted octanol–water partition coefficient (Wildman–Crippen LogP) is 3.38. The molecule has 0 radical (unpaired) electrons. The van der Waals surface area contributed by atoms with Crippen molar-refractivity contribution >= 4 is 16.9 Å². The van der Waals surface area contributed by atoms with E-state index in [1.54, 1.807) is 0 Å². The van der Waals surface area contributed by atoms with Gasteiger partial charge in [-0.1, -0.05) is 32.0 Å². The van der Waals surface area contributed by atoms with Crippen molar-refractivity contribution in [2.75, 3.05) is 0 Å². The number of hydrogen-bond acceptors (Lipinski definition) is 1. The summed E-state index contributed by atoms with van der Waals surface area (Å²) in [7, 11) is 0. The summed E-state index contributed by atoms with van der Waals surface area (Å²) in [6.45, 7) is 4.07. The number of H-pyrrole nitrogens is 1. The van der Waals surface area contributed by atoms with Crippen molar-refractivity contribution in [2.24, 2.45) is 5.92 Å². The van der Waals surface area contributed by atoms with Crippen LogP contribution in [-0.4, -0.2) is 16.1 Å². The highest BCUT2D eigenvalue weighted by Crippen LogP contribution is 2.31. The van der Waals surface area contributed by atoms with E-state index in [0.717, 1.165) is 5.52 Å². The summed E-state index contributed by atoms with van der Waals surface area (Å²) in [6, 6.07) is 8.11.